The first kappa shape index (κ1) is 16.0. The zero-order chi connectivity index (χ0) is 14.4. The Bertz CT molecular complexity index is 414. The van der Waals surface area contributed by atoms with Gasteiger partial charge in [-0.1, -0.05) is 18.2 Å². The van der Waals surface area contributed by atoms with Crippen molar-refractivity contribution in [3.05, 3.63) is 29.3 Å². The van der Waals surface area contributed by atoms with Crippen LogP contribution in [0.15, 0.2) is 18.2 Å². The third-order valence-electron chi connectivity index (χ3n) is 3.02. The van der Waals surface area contributed by atoms with Crippen LogP contribution in [0, 0.1) is 13.8 Å². The molecule has 0 bridgehead atoms. The van der Waals surface area contributed by atoms with Gasteiger partial charge in [-0.3, -0.25) is 4.79 Å². The van der Waals surface area contributed by atoms with Gasteiger partial charge in [0.25, 0.3) is 0 Å². The number of hydrogen-bond donors (Lipinski definition) is 0. The molecule has 1 amide bonds. The molecule has 1 rings (SSSR count). The fourth-order valence-electron chi connectivity index (χ4n) is 2.22. The van der Waals surface area contributed by atoms with Crippen LogP contribution in [-0.2, 0) is 9.53 Å². The molecule has 0 saturated carbocycles. The average Bonchev–Trinajstić information content (AvgIpc) is 2.36. The minimum Gasteiger partial charge on any atom is -0.377 e. The normalized spacial score (nSPS) is 12.3. The van der Waals surface area contributed by atoms with Crippen molar-refractivity contribution >= 4 is 23.2 Å². The molecule has 19 heavy (non-hydrogen) atoms. The monoisotopic (exact) mass is 283 g/mol. The summed E-state index contributed by atoms with van der Waals surface area (Å²) in [5.41, 5.74) is 3.09. The van der Waals surface area contributed by atoms with Crippen molar-refractivity contribution in [2.75, 3.05) is 23.9 Å². The summed E-state index contributed by atoms with van der Waals surface area (Å²) < 4.78 is 5.53. The summed E-state index contributed by atoms with van der Waals surface area (Å²) in [6.45, 7) is 9.07. The third-order valence-corrected chi connectivity index (χ3v) is 3.24. The largest absolute Gasteiger partial charge is 0.377 e. The van der Waals surface area contributed by atoms with Gasteiger partial charge in [-0.2, -0.15) is 0 Å². The summed E-state index contributed by atoms with van der Waals surface area (Å²) in [5, 5.41) is 0. The van der Waals surface area contributed by atoms with Gasteiger partial charge in [-0.25, -0.2) is 0 Å². The maximum Gasteiger partial charge on any atom is 0.242 e. The Morgan fingerprint density at radius 3 is 2.42 bits per heavy atom. The van der Waals surface area contributed by atoms with Crippen LogP contribution in [0.4, 0.5) is 5.69 Å². The summed E-state index contributed by atoms with van der Waals surface area (Å²) in [6, 6.07) is 5.99. The average molecular weight is 284 g/mol. The van der Waals surface area contributed by atoms with E-state index in [9.17, 15) is 4.79 Å². The molecule has 1 unspecified atom stereocenters. The van der Waals surface area contributed by atoms with E-state index in [4.69, 9.17) is 16.3 Å². The maximum absolute atomic E-state index is 12.1. The van der Waals surface area contributed by atoms with Crippen molar-refractivity contribution in [2.45, 2.75) is 33.8 Å². The summed E-state index contributed by atoms with van der Waals surface area (Å²) in [5.74, 6) is -0.113. The molecule has 0 aliphatic rings. The number of aryl methyl sites for hydroxylation is 2. The Hall–Kier alpha value is -1.06. The highest BCUT2D eigenvalue weighted by Gasteiger charge is 2.20. The molecule has 3 nitrogen and oxygen atoms in total. The molecule has 106 valence electrons. The van der Waals surface area contributed by atoms with Crippen LogP contribution in [0.25, 0.3) is 0 Å². The first-order chi connectivity index (χ1) is 9.01. The van der Waals surface area contributed by atoms with Crippen molar-refractivity contribution in [2.24, 2.45) is 0 Å². The Morgan fingerprint density at radius 1 is 1.37 bits per heavy atom. The molecule has 0 saturated heterocycles. The number of para-hydroxylation sites is 1. The van der Waals surface area contributed by atoms with E-state index in [-0.39, 0.29) is 17.9 Å². The first-order valence-electron chi connectivity index (χ1n) is 6.55. The topological polar surface area (TPSA) is 29.5 Å². The molecular weight excluding hydrogens is 262 g/mol. The lowest BCUT2D eigenvalue weighted by atomic mass is 10.1. The second-order valence-electron chi connectivity index (χ2n) is 4.64. The predicted molar refractivity (Wildman–Crippen MR) is 80.1 cm³/mol. The van der Waals surface area contributed by atoms with Gasteiger partial charge in [-0.15, -0.1) is 11.6 Å². The van der Waals surface area contributed by atoms with Crippen molar-refractivity contribution in [3.8, 4) is 0 Å². The number of alkyl halides is 1. The molecule has 1 aromatic carbocycles. The maximum atomic E-state index is 12.1. The van der Waals surface area contributed by atoms with Crippen LogP contribution in [0.3, 0.4) is 0 Å². The molecule has 0 aromatic heterocycles. The van der Waals surface area contributed by atoms with E-state index in [2.05, 4.69) is 0 Å². The smallest absolute Gasteiger partial charge is 0.242 e. The second-order valence-corrected chi connectivity index (χ2v) is 4.91. The summed E-state index contributed by atoms with van der Waals surface area (Å²) in [7, 11) is 0. The summed E-state index contributed by atoms with van der Waals surface area (Å²) in [4.78, 5) is 13.8. The quantitative estimate of drug-likeness (QED) is 0.750. The molecule has 4 heteroatoms. The number of ether oxygens (including phenoxy) is 1. The molecule has 0 spiro atoms. The van der Waals surface area contributed by atoms with E-state index in [0.717, 1.165) is 16.8 Å². The van der Waals surface area contributed by atoms with Gasteiger partial charge in [-0.05, 0) is 38.8 Å². The number of anilines is 1. The first-order valence-corrected chi connectivity index (χ1v) is 7.08. The number of amides is 1. The molecular formula is C15H22ClNO2. The Balaban J connectivity index is 3.06. The standard InChI is InChI=1S/C15H22ClNO2/c1-5-19-13(4)10-17(14(18)9-16)15-11(2)7-6-8-12(15)3/h6-8,13H,5,9-10H2,1-4H3. The van der Waals surface area contributed by atoms with E-state index in [1.54, 1.807) is 4.90 Å². The molecule has 0 radical (unpaired) electrons. The number of halogens is 1. The Morgan fingerprint density at radius 2 is 1.95 bits per heavy atom. The van der Waals surface area contributed by atoms with E-state index in [1.165, 1.54) is 0 Å². The van der Waals surface area contributed by atoms with Crippen molar-refractivity contribution in [1.82, 2.24) is 0 Å². The van der Waals surface area contributed by atoms with Crippen LogP contribution in [-0.4, -0.2) is 31.0 Å². The highest BCUT2D eigenvalue weighted by Crippen LogP contribution is 2.25. The van der Waals surface area contributed by atoms with E-state index < -0.39 is 0 Å². The highest BCUT2D eigenvalue weighted by molar-refractivity contribution is 6.29. The van der Waals surface area contributed by atoms with Crippen LogP contribution in [0.2, 0.25) is 0 Å². The van der Waals surface area contributed by atoms with Crippen LogP contribution < -0.4 is 4.90 Å². The molecule has 0 aliphatic carbocycles. The van der Waals surface area contributed by atoms with E-state index >= 15 is 0 Å². The lowest BCUT2D eigenvalue weighted by Gasteiger charge is -2.28. The number of benzene rings is 1. The zero-order valence-corrected chi connectivity index (χ0v) is 12.8. The molecule has 0 aliphatic heterocycles. The molecule has 0 N–H and O–H groups in total. The van der Waals surface area contributed by atoms with E-state index in [1.807, 2.05) is 45.9 Å². The minimum atomic E-state index is -0.0920. The van der Waals surface area contributed by atoms with E-state index in [0.29, 0.717) is 13.2 Å². The third kappa shape index (κ3) is 4.22. The predicted octanol–water partition coefficient (Wildman–Crippen LogP) is 3.30. The van der Waals surface area contributed by atoms with Crippen molar-refractivity contribution in [3.63, 3.8) is 0 Å². The minimum absolute atomic E-state index is 0.0174. The van der Waals surface area contributed by atoms with Gasteiger partial charge in [0.1, 0.15) is 5.88 Å². The molecule has 0 heterocycles. The number of rotatable bonds is 6. The zero-order valence-electron chi connectivity index (χ0n) is 12.1. The second kappa shape index (κ2) is 7.51. The van der Waals surface area contributed by atoms with Crippen LogP contribution in [0.1, 0.15) is 25.0 Å². The van der Waals surface area contributed by atoms with Gasteiger partial charge in [0.05, 0.1) is 12.6 Å². The number of carbonyl (C=O) groups excluding carboxylic acids is 1. The molecule has 1 atom stereocenters. The SMILES string of the molecule is CCOC(C)CN(C(=O)CCl)c1c(C)cccc1C. The van der Waals surface area contributed by atoms with Gasteiger partial charge in [0, 0.05) is 12.3 Å². The lowest BCUT2D eigenvalue weighted by Crippen LogP contribution is -2.39. The summed E-state index contributed by atoms with van der Waals surface area (Å²) >= 11 is 5.73. The molecule has 0 fully saturated rings. The number of hydrogen-bond acceptors (Lipinski definition) is 2. The van der Waals surface area contributed by atoms with Crippen LogP contribution >= 0.6 is 11.6 Å². The molecule has 1 aromatic rings. The fraction of sp³-hybridized carbons (Fsp3) is 0.533. The lowest BCUT2D eigenvalue weighted by molar-refractivity contribution is -0.116. The van der Waals surface area contributed by atoms with Gasteiger partial charge >= 0.3 is 0 Å². The fourth-order valence-corrected chi connectivity index (χ4v) is 2.36. The van der Waals surface area contributed by atoms with Gasteiger partial charge in [0.15, 0.2) is 0 Å². The Labute approximate surface area is 120 Å². The van der Waals surface area contributed by atoms with Crippen molar-refractivity contribution in [1.29, 1.82) is 0 Å². The number of nitrogens with zero attached hydrogens (tertiary/aromatic N) is 1. The van der Waals surface area contributed by atoms with Crippen LogP contribution in [0.5, 0.6) is 0 Å². The Kier molecular flexibility index (Phi) is 6.32. The van der Waals surface area contributed by atoms with Gasteiger partial charge in [0.2, 0.25) is 5.91 Å². The van der Waals surface area contributed by atoms with Crippen molar-refractivity contribution < 1.29 is 9.53 Å². The number of carbonyl (C=O) groups is 1. The summed E-state index contributed by atoms with van der Waals surface area (Å²) in [6.07, 6.45) is -0.0174. The highest BCUT2D eigenvalue weighted by atomic mass is 35.5. The van der Waals surface area contributed by atoms with Gasteiger partial charge < -0.3 is 9.64 Å².